The van der Waals surface area contributed by atoms with Crippen LogP contribution in [0.2, 0.25) is 0 Å². The zero-order valence-electron chi connectivity index (χ0n) is 22.3. The second-order valence-electron chi connectivity index (χ2n) is 10.2. The van der Waals surface area contributed by atoms with E-state index in [1.165, 1.54) is 6.07 Å². The Labute approximate surface area is 224 Å². The van der Waals surface area contributed by atoms with Crippen molar-refractivity contribution in [2.75, 3.05) is 43.4 Å². The number of hydrogen-bond donors (Lipinski definition) is 1. The van der Waals surface area contributed by atoms with Crippen molar-refractivity contribution in [3.05, 3.63) is 60.3 Å². The number of aryl methyl sites for hydroxylation is 1. The fourth-order valence-corrected chi connectivity index (χ4v) is 5.21. The molecule has 4 heterocycles. The van der Waals surface area contributed by atoms with Crippen LogP contribution in [0.1, 0.15) is 25.7 Å². The van der Waals surface area contributed by atoms with Crippen LogP contribution in [-0.2, 0) is 0 Å². The van der Waals surface area contributed by atoms with Crippen LogP contribution < -0.4 is 10.2 Å². The zero-order valence-corrected chi connectivity index (χ0v) is 22.3. The molecule has 11 heteroatoms. The van der Waals surface area contributed by atoms with Gasteiger partial charge in [-0.1, -0.05) is 0 Å². The molecule has 0 amide bonds. The molecule has 39 heavy (non-hydrogen) atoms. The van der Waals surface area contributed by atoms with Crippen LogP contribution >= 0.6 is 0 Å². The SMILES string of the molecule is Cc1nc2c(F)cc(-c3nc(Nc4ccc5c(N6CCN(C)CC6)ncnc5c4)ncc3F)cc2n1C(C)C. The van der Waals surface area contributed by atoms with Crippen molar-refractivity contribution in [3.63, 3.8) is 0 Å². The lowest BCUT2D eigenvalue weighted by atomic mass is 10.1. The van der Waals surface area contributed by atoms with E-state index in [4.69, 9.17) is 0 Å². The number of rotatable bonds is 5. The van der Waals surface area contributed by atoms with Crippen molar-refractivity contribution >= 4 is 39.4 Å². The van der Waals surface area contributed by atoms with Gasteiger partial charge in [-0.15, -0.1) is 0 Å². The molecule has 9 nitrogen and oxygen atoms in total. The summed E-state index contributed by atoms with van der Waals surface area (Å²) in [5.74, 6) is 0.622. The summed E-state index contributed by atoms with van der Waals surface area (Å²) in [7, 11) is 2.12. The van der Waals surface area contributed by atoms with Crippen LogP contribution in [0.25, 0.3) is 33.2 Å². The van der Waals surface area contributed by atoms with Gasteiger partial charge < -0.3 is 19.7 Å². The lowest BCUT2D eigenvalue weighted by molar-refractivity contribution is 0.312. The normalized spacial score (nSPS) is 14.6. The molecule has 0 aliphatic carbocycles. The summed E-state index contributed by atoms with van der Waals surface area (Å²) >= 11 is 0. The van der Waals surface area contributed by atoms with Crippen molar-refractivity contribution < 1.29 is 8.78 Å². The number of likely N-dealkylation sites (N-methyl/N-ethyl adjacent to an activating group) is 1. The van der Waals surface area contributed by atoms with E-state index < -0.39 is 11.6 Å². The van der Waals surface area contributed by atoms with Crippen molar-refractivity contribution in [2.24, 2.45) is 0 Å². The molecule has 1 N–H and O–H groups in total. The first-order valence-electron chi connectivity index (χ1n) is 12.9. The first-order valence-corrected chi connectivity index (χ1v) is 12.9. The minimum absolute atomic E-state index is 0.00271. The number of hydrogen-bond acceptors (Lipinski definition) is 8. The fraction of sp³-hybridized carbons (Fsp3) is 0.321. The van der Waals surface area contributed by atoms with Gasteiger partial charge in [-0.05, 0) is 58.2 Å². The average Bonchev–Trinajstić information content (AvgIpc) is 3.26. The minimum atomic E-state index is -0.644. The molecule has 0 atom stereocenters. The van der Waals surface area contributed by atoms with E-state index >= 15 is 4.39 Å². The maximum absolute atomic E-state index is 15.0. The highest BCUT2D eigenvalue weighted by atomic mass is 19.1. The first kappa shape index (κ1) is 25.1. The molecule has 2 aromatic carbocycles. The summed E-state index contributed by atoms with van der Waals surface area (Å²) in [5, 5.41) is 4.10. The standard InChI is InChI=1S/C28H29F2N9/c1-16(2)39-17(3)34-26-21(29)11-18(12-24(26)39)25-22(30)14-31-28(36-25)35-19-5-6-20-23(13-19)32-15-33-27(20)38-9-7-37(4)8-10-38/h5-6,11-16H,7-10H2,1-4H3,(H,31,35,36). The number of fused-ring (bicyclic) bond motifs is 2. The van der Waals surface area contributed by atoms with E-state index in [1.807, 2.05) is 43.5 Å². The van der Waals surface area contributed by atoms with Crippen LogP contribution in [0.5, 0.6) is 0 Å². The number of imidazole rings is 1. The lowest BCUT2D eigenvalue weighted by Gasteiger charge is -2.33. The molecule has 0 bridgehead atoms. The second kappa shape index (κ2) is 9.81. The molecule has 5 aromatic rings. The Hall–Kier alpha value is -4.25. The van der Waals surface area contributed by atoms with Crippen LogP contribution in [0.4, 0.5) is 26.2 Å². The molecule has 0 saturated carbocycles. The number of benzene rings is 2. The van der Waals surface area contributed by atoms with Crippen LogP contribution in [0, 0.1) is 18.6 Å². The van der Waals surface area contributed by atoms with Crippen LogP contribution in [0.15, 0.2) is 42.9 Å². The van der Waals surface area contributed by atoms with Gasteiger partial charge in [-0.2, -0.15) is 0 Å². The second-order valence-corrected chi connectivity index (χ2v) is 10.2. The fourth-order valence-electron chi connectivity index (χ4n) is 5.21. The maximum Gasteiger partial charge on any atom is 0.227 e. The molecule has 0 spiro atoms. The van der Waals surface area contributed by atoms with E-state index in [-0.39, 0.29) is 23.2 Å². The van der Waals surface area contributed by atoms with Gasteiger partial charge in [0.1, 0.15) is 29.2 Å². The Morgan fingerprint density at radius 2 is 1.72 bits per heavy atom. The Bertz CT molecular complexity index is 1690. The molecule has 3 aromatic heterocycles. The molecular weight excluding hydrogens is 500 g/mol. The van der Waals surface area contributed by atoms with Crippen LogP contribution in [-0.4, -0.2) is 67.6 Å². The highest BCUT2D eigenvalue weighted by Crippen LogP contribution is 2.31. The van der Waals surface area contributed by atoms with Gasteiger partial charge in [-0.3, -0.25) is 0 Å². The number of nitrogens with zero attached hydrogens (tertiary/aromatic N) is 8. The molecule has 1 aliphatic heterocycles. The summed E-state index contributed by atoms with van der Waals surface area (Å²) in [5.41, 5.74) is 2.63. The molecule has 1 saturated heterocycles. The molecular formula is C28H29F2N9. The monoisotopic (exact) mass is 529 g/mol. The van der Waals surface area contributed by atoms with Crippen molar-refractivity contribution in [3.8, 4) is 11.3 Å². The molecule has 1 fully saturated rings. The van der Waals surface area contributed by atoms with E-state index in [1.54, 1.807) is 12.4 Å². The molecule has 1 aliphatic rings. The van der Waals surface area contributed by atoms with Gasteiger partial charge in [0, 0.05) is 48.9 Å². The Morgan fingerprint density at radius 1 is 0.923 bits per heavy atom. The predicted molar refractivity (Wildman–Crippen MR) is 148 cm³/mol. The first-order chi connectivity index (χ1) is 18.8. The summed E-state index contributed by atoms with van der Waals surface area (Å²) in [4.78, 5) is 26.5. The van der Waals surface area contributed by atoms with Gasteiger partial charge in [0.25, 0.3) is 0 Å². The number of aromatic nitrogens is 6. The van der Waals surface area contributed by atoms with E-state index in [9.17, 15) is 4.39 Å². The Morgan fingerprint density at radius 3 is 2.49 bits per heavy atom. The van der Waals surface area contributed by atoms with Crippen molar-refractivity contribution in [1.82, 2.24) is 34.4 Å². The van der Waals surface area contributed by atoms with E-state index in [0.717, 1.165) is 49.1 Å². The van der Waals surface area contributed by atoms with Gasteiger partial charge in [0.15, 0.2) is 11.6 Å². The Balaban J connectivity index is 1.33. The van der Waals surface area contributed by atoms with Gasteiger partial charge in [0.05, 0.1) is 17.2 Å². The van der Waals surface area contributed by atoms with Crippen LogP contribution in [0.3, 0.4) is 0 Å². The third-order valence-electron chi connectivity index (χ3n) is 7.13. The summed E-state index contributed by atoms with van der Waals surface area (Å²) < 4.78 is 31.9. The quantitative estimate of drug-likeness (QED) is 0.337. The summed E-state index contributed by atoms with van der Waals surface area (Å²) in [6.45, 7) is 9.58. The summed E-state index contributed by atoms with van der Waals surface area (Å²) in [6, 6.07) is 8.80. The molecule has 0 radical (unpaired) electrons. The number of halogens is 2. The molecule has 6 rings (SSSR count). The van der Waals surface area contributed by atoms with E-state index in [2.05, 4.69) is 47.1 Å². The van der Waals surface area contributed by atoms with Gasteiger partial charge >= 0.3 is 0 Å². The lowest BCUT2D eigenvalue weighted by Crippen LogP contribution is -2.44. The molecule has 200 valence electrons. The number of piperazine rings is 1. The minimum Gasteiger partial charge on any atom is -0.353 e. The van der Waals surface area contributed by atoms with Gasteiger partial charge in [-0.25, -0.2) is 33.7 Å². The van der Waals surface area contributed by atoms with Crippen molar-refractivity contribution in [1.29, 1.82) is 0 Å². The summed E-state index contributed by atoms with van der Waals surface area (Å²) in [6.07, 6.45) is 2.66. The third kappa shape index (κ3) is 4.63. The highest BCUT2D eigenvalue weighted by molar-refractivity contribution is 5.92. The van der Waals surface area contributed by atoms with Gasteiger partial charge in [0.2, 0.25) is 5.95 Å². The topological polar surface area (TPSA) is 87.9 Å². The number of nitrogens with one attached hydrogen (secondary N) is 1. The van der Waals surface area contributed by atoms with E-state index in [0.29, 0.717) is 22.6 Å². The average molecular weight is 530 g/mol. The maximum atomic E-state index is 15.0. The zero-order chi connectivity index (χ0) is 27.3. The Kier molecular flexibility index (Phi) is 6.30. The smallest absolute Gasteiger partial charge is 0.227 e. The number of anilines is 3. The van der Waals surface area contributed by atoms with Crippen molar-refractivity contribution in [2.45, 2.75) is 26.8 Å². The highest BCUT2D eigenvalue weighted by Gasteiger charge is 2.20. The molecule has 0 unspecified atom stereocenters. The third-order valence-corrected chi connectivity index (χ3v) is 7.13. The largest absolute Gasteiger partial charge is 0.353 e. The predicted octanol–water partition coefficient (Wildman–Crippen LogP) is 5.10.